The van der Waals surface area contributed by atoms with Gasteiger partial charge >= 0.3 is 0 Å². The zero-order valence-electron chi connectivity index (χ0n) is 15.0. The Morgan fingerprint density at radius 2 is 1.48 bits per heavy atom. The maximum Gasteiger partial charge on any atom is 0.0836 e. The van der Waals surface area contributed by atoms with E-state index in [2.05, 4.69) is 20.8 Å². The zero-order chi connectivity index (χ0) is 16.6. The number of fused-ring (bicyclic) bond motifs is 5. The molecule has 4 aliphatic rings. The summed E-state index contributed by atoms with van der Waals surface area (Å²) in [6.07, 6.45) is 7.03. The molecule has 0 amide bonds. The first kappa shape index (κ1) is 16.4. The Morgan fingerprint density at radius 3 is 2.22 bits per heavy atom. The Labute approximate surface area is 141 Å². The van der Waals surface area contributed by atoms with Gasteiger partial charge in [0.15, 0.2) is 0 Å². The second-order valence-electron chi connectivity index (χ2n) is 9.94. The van der Waals surface area contributed by atoms with Gasteiger partial charge in [0.2, 0.25) is 0 Å². The topological polar surface area (TPSA) is 66.5 Å². The van der Waals surface area contributed by atoms with E-state index in [1.165, 1.54) is 25.7 Å². The molecule has 10 atom stereocenters. The summed E-state index contributed by atoms with van der Waals surface area (Å²) in [5.74, 6) is 2.40. The standard InChI is InChI=1S/C20H35NO2/c1-11-4-5-13-16-14(7-9-19(11,13)2)20(3)8-6-12(21)10-15(20)17(22)18(16)23/h11-18,22-23H,4-10,21H2,1-3H3. The molecule has 4 aliphatic carbocycles. The van der Waals surface area contributed by atoms with Gasteiger partial charge in [-0.25, -0.2) is 0 Å². The third-order valence-electron chi connectivity index (χ3n) is 9.27. The summed E-state index contributed by atoms with van der Waals surface area (Å²) in [6.45, 7) is 7.25. The molecule has 0 bridgehead atoms. The summed E-state index contributed by atoms with van der Waals surface area (Å²) in [5, 5.41) is 22.0. The lowest BCUT2D eigenvalue weighted by Gasteiger charge is -2.63. The van der Waals surface area contributed by atoms with E-state index in [1.807, 2.05) is 0 Å². The van der Waals surface area contributed by atoms with Crippen LogP contribution >= 0.6 is 0 Å². The van der Waals surface area contributed by atoms with Crippen LogP contribution in [-0.2, 0) is 0 Å². The third kappa shape index (κ3) is 2.05. The fourth-order valence-corrected chi connectivity index (χ4v) is 7.55. The monoisotopic (exact) mass is 321 g/mol. The highest BCUT2D eigenvalue weighted by atomic mass is 16.3. The maximum atomic E-state index is 11.1. The van der Waals surface area contributed by atoms with Crippen LogP contribution in [0, 0.1) is 40.4 Å². The first-order valence-corrected chi connectivity index (χ1v) is 9.91. The fraction of sp³-hybridized carbons (Fsp3) is 1.00. The highest BCUT2D eigenvalue weighted by Crippen LogP contribution is 2.67. The van der Waals surface area contributed by atoms with Crippen molar-refractivity contribution >= 4 is 0 Å². The normalized spacial score (nSPS) is 62.3. The van der Waals surface area contributed by atoms with Crippen LogP contribution in [0.1, 0.15) is 65.7 Å². The van der Waals surface area contributed by atoms with Gasteiger partial charge in [-0.15, -0.1) is 0 Å². The minimum Gasteiger partial charge on any atom is -0.390 e. The summed E-state index contributed by atoms with van der Waals surface area (Å²) in [4.78, 5) is 0. The van der Waals surface area contributed by atoms with Crippen molar-refractivity contribution in [1.29, 1.82) is 0 Å². The lowest BCUT2D eigenvalue weighted by Crippen LogP contribution is -2.64. The van der Waals surface area contributed by atoms with Crippen LogP contribution < -0.4 is 5.73 Å². The molecule has 23 heavy (non-hydrogen) atoms. The van der Waals surface area contributed by atoms with Crippen molar-refractivity contribution in [3.63, 3.8) is 0 Å². The number of nitrogens with two attached hydrogens (primary N) is 1. The predicted molar refractivity (Wildman–Crippen MR) is 91.6 cm³/mol. The predicted octanol–water partition coefficient (Wildman–Crippen LogP) is 2.93. The molecule has 3 heteroatoms. The van der Waals surface area contributed by atoms with E-state index in [9.17, 15) is 10.2 Å². The minimum absolute atomic E-state index is 0.173. The molecular formula is C20H35NO2. The van der Waals surface area contributed by atoms with Gasteiger partial charge in [-0.1, -0.05) is 20.8 Å². The van der Waals surface area contributed by atoms with Gasteiger partial charge in [0.05, 0.1) is 12.2 Å². The van der Waals surface area contributed by atoms with E-state index < -0.39 is 12.2 Å². The van der Waals surface area contributed by atoms with Crippen LogP contribution in [0.15, 0.2) is 0 Å². The quantitative estimate of drug-likeness (QED) is 0.642. The molecule has 4 fully saturated rings. The van der Waals surface area contributed by atoms with Gasteiger partial charge in [0.1, 0.15) is 0 Å². The van der Waals surface area contributed by atoms with Crippen molar-refractivity contribution in [2.45, 2.75) is 84.0 Å². The van der Waals surface area contributed by atoms with E-state index in [0.29, 0.717) is 23.2 Å². The lowest BCUT2D eigenvalue weighted by atomic mass is 9.43. The molecule has 0 radical (unpaired) electrons. The molecule has 0 aliphatic heterocycles. The maximum absolute atomic E-state index is 11.1. The Balaban J connectivity index is 1.72. The van der Waals surface area contributed by atoms with E-state index >= 15 is 0 Å². The van der Waals surface area contributed by atoms with Gasteiger partial charge in [-0.05, 0) is 85.4 Å². The molecule has 0 aromatic carbocycles. The minimum atomic E-state index is -0.578. The zero-order valence-corrected chi connectivity index (χ0v) is 15.0. The van der Waals surface area contributed by atoms with Crippen LogP contribution in [0.4, 0.5) is 0 Å². The van der Waals surface area contributed by atoms with Crippen LogP contribution in [0.5, 0.6) is 0 Å². The Bertz CT molecular complexity index is 482. The Morgan fingerprint density at radius 1 is 0.826 bits per heavy atom. The van der Waals surface area contributed by atoms with Crippen molar-refractivity contribution < 1.29 is 10.2 Å². The van der Waals surface area contributed by atoms with Crippen molar-refractivity contribution in [3.8, 4) is 0 Å². The van der Waals surface area contributed by atoms with E-state index in [-0.39, 0.29) is 17.4 Å². The van der Waals surface area contributed by atoms with Gasteiger partial charge in [-0.3, -0.25) is 0 Å². The Kier molecular flexibility index (Phi) is 3.69. The van der Waals surface area contributed by atoms with Gasteiger partial charge in [0, 0.05) is 6.04 Å². The molecule has 0 aromatic heterocycles. The second kappa shape index (κ2) is 5.19. The van der Waals surface area contributed by atoms with Crippen molar-refractivity contribution in [2.75, 3.05) is 0 Å². The highest BCUT2D eigenvalue weighted by Gasteiger charge is 2.64. The second-order valence-corrected chi connectivity index (χ2v) is 9.94. The molecule has 0 saturated heterocycles. The molecule has 4 rings (SSSR count). The van der Waals surface area contributed by atoms with Crippen LogP contribution in [0.25, 0.3) is 0 Å². The number of hydrogen-bond donors (Lipinski definition) is 3. The van der Waals surface area contributed by atoms with E-state index in [4.69, 9.17) is 5.73 Å². The number of aliphatic hydroxyl groups excluding tert-OH is 2. The average Bonchev–Trinajstić information content (AvgIpc) is 2.82. The molecule has 0 heterocycles. The lowest BCUT2D eigenvalue weighted by molar-refractivity contribution is -0.215. The molecular weight excluding hydrogens is 286 g/mol. The van der Waals surface area contributed by atoms with Gasteiger partial charge in [0.25, 0.3) is 0 Å². The van der Waals surface area contributed by atoms with Crippen LogP contribution in [0.3, 0.4) is 0 Å². The summed E-state index contributed by atoms with van der Waals surface area (Å²) in [5.41, 5.74) is 6.75. The number of hydrogen-bond acceptors (Lipinski definition) is 3. The number of rotatable bonds is 0. The SMILES string of the molecule is CC1CCC2C3C(O)C(O)C4CC(N)CCC4(C)C3CCC12C. The summed E-state index contributed by atoms with van der Waals surface area (Å²) >= 11 is 0. The molecule has 3 nitrogen and oxygen atoms in total. The smallest absolute Gasteiger partial charge is 0.0836 e. The molecule has 0 aromatic rings. The number of aliphatic hydroxyl groups is 2. The largest absolute Gasteiger partial charge is 0.390 e. The summed E-state index contributed by atoms with van der Waals surface area (Å²) in [7, 11) is 0. The highest BCUT2D eigenvalue weighted by molar-refractivity contribution is 5.13. The van der Waals surface area contributed by atoms with E-state index in [0.717, 1.165) is 25.2 Å². The summed E-state index contributed by atoms with van der Waals surface area (Å²) in [6, 6.07) is 0.201. The van der Waals surface area contributed by atoms with Crippen molar-refractivity contribution in [1.82, 2.24) is 0 Å². The van der Waals surface area contributed by atoms with Crippen molar-refractivity contribution in [3.05, 3.63) is 0 Å². The first-order valence-electron chi connectivity index (χ1n) is 9.91. The van der Waals surface area contributed by atoms with Crippen LogP contribution in [-0.4, -0.2) is 28.5 Å². The van der Waals surface area contributed by atoms with Gasteiger partial charge < -0.3 is 15.9 Å². The van der Waals surface area contributed by atoms with Crippen LogP contribution in [0.2, 0.25) is 0 Å². The van der Waals surface area contributed by atoms with Crippen molar-refractivity contribution in [2.24, 2.45) is 46.2 Å². The molecule has 10 unspecified atom stereocenters. The fourth-order valence-electron chi connectivity index (χ4n) is 7.55. The first-order chi connectivity index (χ1) is 10.8. The molecule has 132 valence electrons. The van der Waals surface area contributed by atoms with E-state index in [1.54, 1.807) is 0 Å². The average molecular weight is 322 g/mol. The Hall–Kier alpha value is -0.120. The van der Waals surface area contributed by atoms with Gasteiger partial charge in [-0.2, -0.15) is 0 Å². The molecule has 4 saturated carbocycles. The third-order valence-corrected chi connectivity index (χ3v) is 9.27. The molecule has 0 spiro atoms. The summed E-state index contributed by atoms with van der Waals surface area (Å²) < 4.78 is 0. The molecule has 4 N–H and O–H groups in total.